The normalized spacial score (nSPS) is 15.4. The predicted molar refractivity (Wildman–Crippen MR) is 154 cm³/mol. The zero-order chi connectivity index (χ0) is 28.1. The Bertz CT molecular complexity index is 1500. The van der Waals surface area contributed by atoms with Crippen LogP contribution in [0.2, 0.25) is 0 Å². The highest BCUT2D eigenvalue weighted by atomic mass is 32.2. The standard InChI is InChI=1S/C29H27N5O5S/c1-38-20-12-10-18(11-13-20)16-30-25(35)15-24-28(37)34-27(32-24)22-8-3-4-9-23(22)33-29(34)40-17-26(36)31-19-6-5-7-21(14-19)39-2/h3-14,24H,15-17H2,1-2H3,(H,30,35)(H,31,36)/t24-/m1/s1. The molecule has 0 saturated carbocycles. The molecule has 0 fully saturated rings. The second-order valence-corrected chi connectivity index (χ2v) is 9.89. The Morgan fingerprint density at radius 2 is 1.73 bits per heavy atom. The number of rotatable bonds is 9. The zero-order valence-electron chi connectivity index (χ0n) is 21.9. The molecule has 1 atom stereocenters. The number of para-hydroxylation sites is 1. The van der Waals surface area contributed by atoms with Crippen molar-refractivity contribution in [2.45, 2.75) is 19.0 Å². The molecule has 2 aliphatic heterocycles. The third kappa shape index (κ3) is 5.99. The van der Waals surface area contributed by atoms with Crippen LogP contribution >= 0.6 is 11.8 Å². The molecule has 3 aromatic carbocycles. The van der Waals surface area contributed by atoms with Crippen LogP contribution in [0.1, 0.15) is 17.5 Å². The fourth-order valence-electron chi connectivity index (χ4n) is 4.25. The van der Waals surface area contributed by atoms with Gasteiger partial charge in [-0.15, -0.1) is 0 Å². The second kappa shape index (κ2) is 12.0. The van der Waals surface area contributed by atoms with Gasteiger partial charge in [0.15, 0.2) is 5.17 Å². The first-order valence-corrected chi connectivity index (χ1v) is 13.5. The number of ether oxygens (including phenoxy) is 2. The Morgan fingerprint density at radius 3 is 2.50 bits per heavy atom. The molecule has 40 heavy (non-hydrogen) atoms. The molecule has 11 heteroatoms. The van der Waals surface area contributed by atoms with Crippen molar-refractivity contribution in [1.82, 2.24) is 10.2 Å². The first kappa shape index (κ1) is 26.9. The number of benzene rings is 3. The largest absolute Gasteiger partial charge is 0.497 e. The molecule has 0 unspecified atom stereocenters. The molecule has 0 bridgehead atoms. The lowest BCUT2D eigenvalue weighted by molar-refractivity contribution is -0.128. The zero-order valence-corrected chi connectivity index (χ0v) is 22.7. The number of fused-ring (bicyclic) bond motifs is 3. The number of amidine groups is 2. The minimum Gasteiger partial charge on any atom is -0.497 e. The van der Waals surface area contributed by atoms with E-state index in [9.17, 15) is 14.4 Å². The lowest BCUT2D eigenvalue weighted by Gasteiger charge is -2.25. The van der Waals surface area contributed by atoms with Crippen LogP contribution in [0.4, 0.5) is 11.4 Å². The smallest absolute Gasteiger partial charge is 0.259 e. The summed E-state index contributed by atoms with van der Waals surface area (Å²) >= 11 is 1.13. The maximum Gasteiger partial charge on any atom is 0.259 e. The number of aliphatic imine (C=N–C) groups is 2. The topological polar surface area (TPSA) is 122 Å². The summed E-state index contributed by atoms with van der Waals surface area (Å²) < 4.78 is 10.4. The number of hydrogen-bond donors (Lipinski definition) is 2. The number of anilines is 1. The minimum atomic E-state index is -0.895. The summed E-state index contributed by atoms with van der Waals surface area (Å²) in [5, 5.41) is 6.01. The third-order valence-electron chi connectivity index (χ3n) is 6.26. The lowest BCUT2D eigenvalue weighted by atomic mass is 10.1. The van der Waals surface area contributed by atoms with Crippen molar-refractivity contribution >= 4 is 51.9 Å². The van der Waals surface area contributed by atoms with Gasteiger partial charge in [-0.3, -0.25) is 19.4 Å². The van der Waals surface area contributed by atoms with E-state index in [1.807, 2.05) is 48.5 Å². The number of amides is 3. The molecule has 3 amide bonds. The molecule has 5 rings (SSSR count). The average molecular weight is 558 g/mol. The van der Waals surface area contributed by atoms with E-state index in [0.29, 0.717) is 40.2 Å². The van der Waals surface area contributed by atoms with Gasteiger partial charge in [0.05, 0.1) is 32.1 Å². The van der Waals surface area contributed by atoms with Gasteiger partial charge in [0, 0.05) is 23.9 Å². The number of nitrogens with zero attached hydrogens (tertiary/aromatic N) is 3. The quantitative estimate of drug-likeness (QED) is 0.414. The van der Waals surface area contributed by atoms with Crippen LogP contribution in [0.25, 0.3) is 0 Å². The van der Waals surface area contributed by atoms with Gasteiger partial charge in [-0.1, -0.05) is 42.1 Å². The van der Waals surface area contributed by atoms with Gasteiger partial charge in [0.2, 0.25) is 11.8 Å². The third-order valence-corrected chi connectivity index (χ3v) is 7.20. The number of methoxy groups -OCH3 is 2. The van der Waals surface area contributed by atoms with Gasteiger partial charge in [-0.05, 0) is 42.0 Å². The monoisotopic (exact) mass is 557 g/mol. The van der Waals surface area contributed by atoms with E-state index in [1.54, 1.807) is 38.5 Å². The first-order chi connectivity index (χ1) is 19.4. The van der Waals surface area contributed by atoms with E-state index in [1.165, 1.54) is 4.90 Å². The predicted octanol–water partition coefficient (Wildman–Crippen LogP) is 3.74. The summed E-state index contributed by atoms with van der Waals surface area (Å²) in [6, 6.07) is 20.9. The van der Waals surface area contributed by atoms with E-state index in [2.05, 4.69) is 20.6 Å². The molecule has 10 nitrogen and oxygen atoms in total. The minimum absolute atomic E-state index is 0.0162. The summed E-state index contributed by atoms with van der Waals surface area (Å²) in [5.41, 5.74) is 2.84. The summed E-state index contributed by atoms with van der Waals surface area (Å²) in [5.74, 6) is 0.883. The Kier molecular flexibility index (Phi) is 8.11. The molecule has 0 saturated heterocycles. The second-order valence-electron chi connectivity index (χ2n) is 8.95. The first-order valence-electron chi connectivity index (χ1n) is 12.5. The van der Waals surface area contributed by atoms with Gasteiger partial charge in [0.25, 0.3) is 5.91 Å². The highest BCUT2D eigenvalue weighted by Gasteiger charge is 2.42. The van der Waals surface area contributed by atoms with Crippen molar-refractivity contribution in [3.8, 4) is 11.5 Å². The van der Waals surface area contributed by atoms with Crippen LogP contribution < -0.4 is 20.1 Å². The molecule has 2 heterocycles. The fourth-order valence-corrected chi connectivity index (χ4v) is 5.05. The van der Waals surface area contributed by atoms with Crippen molar-refractivity contribution in [3.63, 3.8) is 0 Å². The molecule has 0 aromatic heterocycles. The highest BCUT2D eigenvalue weighted by molar-refractivity contribution is 8.14. The van der Waals surface area contributed by atoms with E-state index < -0.39 is 6.04 Å². The Labute approximate surface area is 235 Å². The van der Waals surface area contributed by atoms with Gasteiger partial charge < -0.3 is 20.1 Å². The van der Waals surface area contributed by atoms with Gasteiger partial charge in [-0.2, -0.15) is 0 Å². The summed E-state index contributed by atoms with van der Waals surface area (Å²) in [6.45, 7) is 0.317. The summed E-state index contributed by atoms with van der Waals surface area (Å²) in [7, 11) is 3.15. The van der Waals surface area contributed by atoms with Crippen molar-refractivity contribution in [2.24, 2.45) is 9.98 Å². The molecular formula is C29H27N5O5S. The van der Waals surface area contributed by atoms with Crippen LogP contribution in [0, 0.1) is 0 Å². The number of nitrogens with one attached hydrogen (secondary N) is 2. The van der Waals surface area contributed by atoms with Gasteiger partial charge in [0.1, 0.15) is 23.4 Å². The molecule has 3 aromatic rings. The Hall–Kier alpha value is -4.64. The van der Waals surface area contributed by atoms with Crippen LogP contribution in [0.15, 0.2) is 82.8 Å². The van der Waals surface area contributed by atoms with Crippen molar-refractivity contribution < 1.29 is 23.9 Å². The Morgan fingerprint density at radius 1 is 0.950 bits per heavy atom. The SMILES string of the molecule is COc1ccc(CNC(=O)C[C@H]2N=C3c4ccccc4N=C(SCC(=O)Nc4cccc(OC)c4)N3C2=O)cc1. The van der Waals surface area contributed by atoms with Crippen molar-refractivity contribution in [3.05, 3.63) is 83.9 Å². The van der Waals surface area contributed by atoms with Gasteiger partial charge >= 0.3 is 0 Å². The number of hydrogen-bond acceptors (Lipinski definition) is 8. The number of carbonyl (C=O) groups is 3. The van der Waals surface area contributed by atoms with Crippen molar-refractivity contribution in [2.75, 3.05) is 25.3 Å². The summed E-state index contributed by atoms with van der Waals surface area (Å²) in [4.78, 5) is 49.6. The molecule has 204 valence electrons. The maximum absolute atomic E-state index is 13.5. The van der Waals surface area contributed by atoms with E-state index in [-0.39, 0.29) is 29.9 Å². The van der Waals surface area contributed by atoms with Gasteiger partial charge in [-0.25, -0.2) is 9.89 Å². The maximum atomic E-state index is 13.5. The molecule has 2 aliphatic rings. The van der Waals surface area contributed by atoms with Crippen molar-refractivity contribution in [1.29, 1.82) is 0 Å². The Balaban J connectivity index is 1.26. The molecule has 0 radical (unpaired) electrons. The average Bonchev–Trinajstić information content (AvgIpc) is 3.31. The van der Waals surface area contributed by atoms with E-state index in [0.717, 1.165) is 23.1 Å². The highest BCUT2D eigenvalue weighted by Crippen LogP contribution is 2.34. The fraction of sp³-hybridized carbons (Fsp3) is 0.207. The van der Waals surface area contributed by atoms with Crippen LogP contribution in [0.3, 0.4) is 0 Å². The molecule has 0 spiro atoms. The van der Waals surface area contributed by atoms with Crippen LogP contribution in [-0.2, 0) is 20.9 Å². The van der Waals surface area contributed by atoms with Crippen LogP contribution in [-0.4, -0.2) is 59.6 Å². The van der Waals surface area contributed by atoms with E-state index >= 15 is 0 Å². The molecule has 0 aliphatic carbocycles. The summed E-state index contributed by atoms with van der Waals surface area (Å²) in [6.07, 6.45) is -0.106. The molecule has 2 N–H and O–H groups in total. The van der Waals surface area contributed by atoms with Crippen LogP contribution in [0.5, 0.6) is 11.5 Å². The molecular weight excluding hydrogens is 530 g/mol. The lowest BCUT2D eigenvalue weighted by Crippen LogP contribution is -2.42. The number of thioether (sulfide) groups is 1. The number of carbonyl (C=O) groups excluding carboxylic acids is 3. The van der Waals surface area contributed by atoms with E-state index in [4.69, 9.17) is 9.47 Å².